The summed E-state index contributed by atoms with van der Waals surface area (Å²) in [5.41, 5.74) is 1.08. The van der Waals surface area contributed by atoms with Crippen molar-refractivity contribution in [1.29, 1.82) is 0 Å². The molecular weight excluding hydrogens is 414 g/mol. The number of benzene rings is 1. The predicted molar refractivity (Wildman–Crippen MR) is 71.7 cm³/mol. The van der Waals surface area contributed by atoms with Crippen LogP contribution in [-0.4, -0.2) is 23.5 Å². The first-order valence-electron chi connectivity index (χ1n) is 5.35. The van der Waals surface area contributed by atoms with E-state index in [0.717, 1.165) is 11.3 Å². The Morgan fingerprint density at radius 3 is 2.74 bits per heavy atom. The molecule has 1 aromatic carbocycles. The summed E-state index contributed by atoms with van der Waals surface area (Å²) in [4.78, 5) is 5.27. The zero-order valence-corrected chi connectivity index (χ0v) is 13.1. The van der Waals surface area contributed by atoms with Gasteiger partial charge in [0.15, 0.2) is 11.5 Å². The average molecular weight is 433 g/mol. The molecule has 2 rings (SSSR count). The van der Waals surface area contributed by atoms with Gasteiger partial charge in [-0.2, -0.15) is 6.42 Å². The minimum absolute atomic E-state index is 0. The van der Waals surface area contributed by atoms with E-state index in [1.54, 1.807) is 18.2 Å². The number of ether oxygens (including phenoxy) is 1. The second kappa shape index (κ2) is 6.95. The number of hydrogen-bond donors (Lipinski definition) is 1. The van der Waals surface area contributed by atoms with Crippen molar-refractivity contribution in [2.45, 2.75) is 25.9 Å². The van der Waals surface area contributed by atoms with E-state index in [4.69, 9.17) is 9.57 Å². The van der Waals surface area contributed by atoms with Gasteiger partial charge < -0.3 is 21.6 Å². The fourth-order valence-electron chi connectivity index (χ4n) is 1.67. The fraction of sp³-hybridized carbons (Fsp3) is 0.357. The van der Waals surface area contributed by atoms with Gasteiger partial charge in [0.1, 0.15) is 0 Å². The van der Waals surface area contributed by atoms with E-state index in [1.807, 2.05) is 0 Å². The van der Waals surface area contributed by atoms with Crippen LogP contribution in [0.2, 0.25) is 0 Å². The van der Waals surface area contributed by atoms with Gasteiger partial charge in [0, 0.05) is 12.0 Å². The molecule has 0 saturated heterocycles. The van der Waals surface area contributed by atoms with Gasteiger partial charge in [-0.3, -0.25) is 6.92 Å². The van der Waals surface area contributed by atoms with Crippen molar-refractivity contribution in [1.82, 2.24) is 0 Å². The average Bonchev–Trinajstić information content (AvgIpc) is 2.73. The van der Waals surface area contributed by atoms with Gasteiger partial charge in [-0.25, -0.2) is 0 Å². The zero-order chi connectivity index (χ0) is 12.5. The quantitative estimate of drug-likeness (QED) is 0.747. The topological polar surface area (TPSA) is 51.0 Å². The van der Waals surface area contributed by atoms with E-state index in [9.17, 15) is 5.11 Å². The molecule has 4 nitrogen and oxygen atoms in total. The molecule has 0 fully saturated rings. The molecule has 1 heterocycles. The molecular formula is C14H19NO3W. The number of aromatic hydroxyl groups is 1. The van der Waals surface area contributed by atoms with Gasteiger partial charge in [0.2, 0.25) is 0 Å². The first-order chi connectivity index (χ1) is 8.08. The molecule has 1 aromatic rings. The molecule has 0 radical (unpaired) electrons. The predicted octanol–water partition coefficient (Wildman–Crippen LogP) is 2.96. The van der Waals surface area contributed by atoms with E-state index in [2.05, 4.69) is 19.0 Å². The summed E-state index contributed by atoms with van der Waals surface area (Å²) in [5.74, 6) is 0.523. The number of phenols is 1. The van der Waals surface area contributed by atoms with Crippen LogP contribution in [0, 0.1) is 13.8 Å². The number of methoxy groups -OCH3 is 1. The summed E-state index contributed by atoms with van der Waals surface area (Å²) in [6.45, 7) is 7.73. The molecule has 0 spiro atoms. The van der Waals surface area contributed by atoms with E-state index in [-0.39, 0.29) is 34.2 Å². The van der Waals surface area contributed by atoms with Crippen molar-refractivity contribution < 1.29 is 35.7 Å². The third kappa shape index (κ3) is 3.72. The molecule has 1 unspecified atom stereocenters. The molecule has 1 N–H and O–H groups in total. The van der Waals surface area contributed by atoms with Crippen molar-refractivity contribution in [2.24, 2.45) is 5.16 Å². The molecule has 0 amide bonds. The third-order valence-electron chi connectivity index (χ3n) is 2.81. The summed E-state index contributed by atoms with van der Waals surface area (Å²) in [5, 5.41) is 13.5. The van der Waals surface area contributed by atoms with Crippen LogP contribution in [0.25, 0.3) is 0 Å². The molecule has 1 atom stereocenters. The first kappa shape index (κ1) is 18.0. The van der Waals surface area contributed by atoms with Gasteiger partial charge in [-0.05, 0) is 23.8 Å². The maximum atomic E-state index is 9.51. The Morgan fingerprint density at radius 2 is 2.21 bits per heavy atom. The van der Waals surface area contributed by atoms with E-state index in [1.165, 1.54) is 7.11 Å². The Bertz CT molecular complexity index is 462. The number of phenolic OH excluding ortho intramolecular Hbond substituents is 1. The van der Waals surface area contributed by atoms with Crippen molar-refractivity contribution in [2.75, 3.05) is 7.11 Å². The largest absolute Gasteiger partial charge is 2.00 e. The number of oxime groups is 1. The van der Waals surface area contributed by atoms with Crippen molar-refractivity contribution in [3.05, 3.63) is 37.6 Å². The van der Waals surface area contributed by atoms with Crippen LogP contribution in [0.15, 0.2) is 23.4 Å². The number of nitrogens with zero attached hydrogens (tertiary/aromatic N) is 1. The Kier molecular flexibility index (Phi) is 6.57. The van der Waals surface area contributed by atoms with Crippen LogP contribution in [0.3, 0.4) is 0 Å². The van der Waals surface area contributed by atoms with Gasteiger partial charge in [-0.15, -0.1) is 0 Å². The maximum Gasteiger partial charge on any atom is 2.00 e. The van der Waals surface area contributed by atoms with Crippen molar-refractivity contribution in [3.63, 3.8) is 0 Å². The standard InChI is InChI=1S/C13H15NO3.CH4.W/c1-4-13(2)8-10(14-17-13)9-5-6-11(15)12(7-9)16-3;;/h5-7,15H,1-2,4,8H2,3H3;1H4;/q-2;;+2. The summed E-state index contributed by atoms with van der Waals surface area (Å²) in [6, 6.07) is 5.07. The maximum absolute atomic E-state index is 9.51. The normalized spacial score (nSPS) is 20.7. The van der Waals surface area contributed by atoms with Crippen LogP contribution in [0.4, 0.5) is 0 Å². The molecule has 0 saturated carbocycles. The summed E-state index contributed by atoms with van der Waals surface area (Å²) >= 11 is 0. The molecule has 1 aliphatic heterocycles. The summed E-state index contributed by atoms with van der Waals surface area (Å²) < 4.78 is 5.05. The molecule has 0 aromatic heterocycles. The Balaban J connectivity index is 0.00000162. The van der Waals surface area contributed by atoms with Gasteiger partial charge in [0.25, 0.3) is 0 Å². The molecule has 0 bridgehead atoms. The molecule has 5 heteroatoms. The second-order valence-corrected chi connectivity index (χ2v) is 4.13. The fourth-order valence-corrected chi connectivity index (χ4v) is 1.67. The summed E-state index contributed by atoms with van der Waals surface area (Å²) in [7, 11) is 1.51. The Morgan fingerprint density at radius 1 is 1.53 bits per heavy atom. The van der Waals surface area contributed by atoms with Gasteiger partial charge in [0.05, 0.1) is 12.8 Å². The smallest absolute Gasteiger partial charge is 0.504 e. The molecule has 1 aliphatic rings. The number of rotatable bonds is 3. The van der Waals surface area contributed by atoms with Crippen molar-refractivity contribution >= 4 is 5.71 Å². The Hall–Kier alpha value is -1.02. The second-order valence-electron chi connectivity index (χ2n) is 4.13. The first-order valence-corrected chi connectivity index (χ1v) is 5.35. The van der Waals surface area contributed by atoms with E-state index < -0.39 is 5.60 Å². The summed E-state index contributed by atoms with van der Waals surface area (Å²) in [6.07, 6.45) is 1.15. The van der Waals surface area contributed by atoms with Crippen LogP contribution < -0.4 is 4.74 Å². The van der Waals surface area contributed by atoms with Gasteiger partial charge >= 0.3 is 21.1 Å². The molecule has 19 heavy (non-hydrogen) atoms. The SMILES string of the molecule is C.[CH2-]CC1([CH2-])CC(c2ccc(O)c(OC)c2)=NO1.[W+2]. The number of hydrogen-bond acceptors (Lipinski definition) is 4. The van der Waals surface area contributed by atoms with E-state index in [0.29, 0.717) is 18.6 Å². The van der Waals surface area contributed by atoms with Crippen molar-refractivity contribution in [3.8, 4) is 11.5 Å². The Labute approximate surface area is 129 Å². The van der Waals surface area contributed by atoms with E-state index >= 15 is 0 Å². The minimum atomic E-state index is -0.569. The zero-order valence-electron chi connectivity index (χ0n) is 10.2. The molecule has 0 aliphatic carbocycles. The van der Waals surface area contributed by atoms with Crippen LogP contribution >= 0.6 is 0 Å². The third-order valence-corrected chi connectivity index (χ3v) is 2.81. The minimum Gasteiger partial charge on any atom is -0.504 e. The van der Waals surface area contributed by atoms with Crippen LogP contribution in [0.5, 0.6) is 11.5 Å². The van der Waals surface area contributed by atoms with Crippen LogP contribution in [-0.2, 0) is 25.9 Å². The molecule has 104 valence electrons. The van der Waals surface area contributed by atoms with Crippen LogP contribution in [0.1, 0.15) is 25.8 Å². The van der Waals surface area contributed by atoms with Gasteiger partial charge in [-0.1, -0.05) is 12.6 Å². The monoisotopic (exact) mass is 433 g/mol.